The largest absolute Gasteiger partial charge is 0.466 e. The maximum Gasteiger partial charge on any atom is 0.346 e. The molecule has 1 aromatic rings. The topological polar surface area (TPSA) is 74.2 Å². The smallest absolute Gasteiger partial charge is 0.346 e. The number of hydrogen-bond donors (Lipinski definition) is 0. The number of nitrogens with zero attached hydrogens (tertiary/aromatic N) is 1. The van der Waals surface area contributed by atoms with Crippen LogP contribution >= 0.6 is 0 Å². The monoisotopic (exact) mass is 429 g/mol. The second-order valence-corrected chi connectivity index (χ2v) is 8.44. The lowest BCUT2D eigenvalue weighted by molar-refractivity contribution is -0.145. The number of carbonyl (C=O) groups excluding carboxylic acids is 2. The number of cyclic esters (lactones) is 1. The summed E-state index contributed by atoms with van der Waals surface area (Å²) in [5.41, 5.74) is 4.23. The Bertz CT molecular complexity index is 825. The van der Waals surface area contributed by atoms with Crippen molar-refractivity contribution in [3.05, 3.63) is 46.5 Å². The first kappa shape index (κ1) is 24.6. The molecule has 0 N–H and O–H groups in total. The first-order chi connectivity index (χ1) is 14.8. The number of methoxy groups -OCH3 is 1. The number of fused-ring (bicyclic) bond motifs is 1. The van der Waals surface area contributed by atoms with Gasteiger partial charge in [-0.05, 0) is 56.6 Å². The van der Waals surface area contributed by atoms with Gasteiger partial charge in [0.25, 0.3) is 0 Å². The van der Waals surface area contributed by atoms with Crippen molar-refractivity contribution in [1.29, 1.82) is 0 Å². The molecule has 0 saturated heterocycles. The Kier molecular flexibility index (Phi) is 9.76. The Hall–Kier alpha value is -2.63. The predicted octanol–water partition coefficient (Wildman–Crippen LogP) is 5.09. The zero-order valence-electron chi connectivity index (χ0n) is 19.4. The molecule has 0 spiro atoms. The average molecular weight is 430 g/mol. The number of oxime groups is 1. The molecule has 6 heteroatoms. The summed E-state index contributed by atoms with van der Waals surface area (Å²) in [6.07, 6.45) is 8.95. The van der Waals surface area contributed by atoms with Crippen LogP contribution < -0.4 is 0 Å². The summed E-state index contributed by atoms with van der Waals surface area (Å²) in [5, 5.41) is 4.21. The zero-order chi connectivity index (χ0) is 22.8. The van der Waals surface area contributed by atoms with E-state index in [-0.39, 0.29) is 24.6 Å². The Morgan fingerprint density at radius 1 is 1.23 bits per heavy atom. The van der Waals surface area contributed by atoms with Gasteiger partial charge in [-0.2, -0.15) is 0 Å². The van der Waals surface area contributed by atoms with Crippen LogP contribution in [0.1, 0.15) is 73.0 Å². The van der Waals surface area contributed by atoms with Gasteiger partial charge in [0.15, 0.2) is 0 Å². The Balaban J connectivity index is 2.39. The third-order valence-corrected chi connectivity index (χ3v) is 5.39. The Morgan fingerprint density at radius 3 is 2.71 bits per heavy atom. The summed E-state index contributed by atoms with van der Waals surface area (Å²) in [5.74, 6) is -0.559. The molecule has 0 aliphatic carbocycles. The lowest BCUT2D eigenvalue weighted by Gasteiger charge is -2.22. The van der Waals surface area contributed by atoms with Gasteiger partial charge < -0.3 is 14.3 Å². The van der Waals surface area contributed by atoms with E-state index < -0.39 is 5.97 Å². The zero-order valence-corrected chi connectivity index (χ0v) is 19.4. The first-order valence-corrected chi connectivity index (χ1v) is 11.0. The standard InChI is InChI=1S/C25H35NO5/c1-17(2)22-12-10-8-6-7-9-11-21(26-30-16-23(27)29-5)15-20-14-18(3)13-19(4)24(20)25(28)31-22/h8,10,13-14,17,22H,6-7,9,11-12,15-16H2,1-5H3/b10-8+,26-21?/t22-/m0/s1. The van der Waals surface area contributed by atoms with E-state index in [2.05, 4.69) is 35.9 Å². The fourth-order valence-electron chi connectivity index (χ4n) is 3.70. The van der Waals surface area contributed by atoms with Gasteiger partial charge in [0.1, 0.15) is 6.10 Å². The lowest BCUT2D eigenvalue weighted by atomic mass is 9.93. The Labute approximate surface area is 185 Å². The van der Waals surface area contributed by atoms with Crippen molar-refractivity contribution < 1.29 is 23.9 Å². The van der Waals surface area contributed by atoms with E-state index in [1.54, 1.807) is 0 Å². The van der Waals surface area contributed by atoms with Crippen LogP contribution in [-0.4, -0.2) is 37.5 Å². The summed E-state index contributed by atoms with van der Waals surface area (Å²) < 4.78 is 10.5. The molecule has 1 heterocycles. The quantitative estimate of drug-likeness (QED) is 0.378. The van der Waals surface area contributed by atoms with Gasteiger partial charge >= 0.3 is 11.9 Å². The fourth-order valence-corrected chi connectivity index (χ4v) is 3.70. The summed E-state index contributed by atoms with van der Waals surface area (Å²) >= 11 is 0. The van der Waals surface area contributed by atoms with E-state index in [4.69, 9.17) is 9.57 Å². The molecule has 0 unspecified atom stereocenters. The number of carbonyl (C=O) groups is 2. The molecular weight excluding hydrogens is 394 g/mol. The van der Waals surface area contributed by atoms with Gasteiger partial charge in [-0.25, -0.2) is 9.59 Å². The molecule has 170 valence electrons. The number of benzene rings is 1. The first-order valence-electron chi connectivity index (χ1n) is 11.0. The summed E-state index contributed by atoms with van der Waals surface area (Å²) in [7, 11) is 1.31. The average Bonchev–Trinajstić information content (AvgIpc) is 2.70. The molecule has 0 fully saturated rings. The Morgan fingerprint density at radius 2 is 2.00 bits per heavy atom. The highest BCUT2D eigenvalue weighted by Crippen LogP contribution is 2.23. The molecule has 1 aromatic carbocycles. The molecule has 6 nitrogen and oxygen atoms in total. The lowest BCUT2D eigenvalue weighted by Crippen LogP contribution is -2.25. The molecule has 0 saturated carbocycles. The van der Waals surface area contributed by atoms with E-state index in [1.807, 2.05) is 26.0 Å². The third-order valence-electron chi connectivity index (χ3n) is 5.39. The molecular formula is C25H35NO5. The fraction of sp³-hybridized carbons (Fsp3) is 0.560. The highest BCUT2D eigenvalue weighted by atomic mass is 16.6. The van der Waals surface area contributed by atoms with Gasteiger partial charge in [-0.15, -0.1) is 0 Å². The van der Waals surface area contributed by atoms with Crippen molar-refractivity contribution in [2.75, 3.05) is 13.7 Å². The maximum absolute atomic E-state index is 13.2. The number of ether oxygens (including phenoxy) is 2. The van der Waals surface area contributed by atoms with Crippen LogP contribution in [0, 0.1) is 19.8 Å². The molecule has 2 rings (SSSR count). The van der Waals surface area contributed by atoms with Gasteiger partial charge in [0.05, 0.1) is 18.4 Å². The minimum Gasteiger partial charge on any atom is -0.466 e. The minimum absolute atomic E-state index is 0.170. The molecule has 0 bridgehead atoms. The molecule has 1 aliphatic heterocycles. The maximum atomic E-state index is 13.2. The van der Waals surface area contributed by atoms with E-state index in [1.165, 1.54) is 7.11 Å². The summed E-state index contributed by atoms with van der Waals surface area (Å²) in [6, 6.07) is 4.01. The van der Waals surface area contributed by atoms with Gasteiger partial charge in [-0.3, -0.25) is 0 Å². The van der Waals surface area contributed by atoms with E-state index in [0.717, 1.165) is 54.5 Å². The van der Waals surface area contributed by atoms with E-state index in [0.29, 0.717) is 12.0 Å². The number of rotatable bonds is 4. The van der Waals surface area contributed by atoms with Gasteiger partial charge in [0.2, 0.25) is 6.61 Å². The number of aryl methyl sites for hydroxylation is 2. The van der Waals surface area contributed by atoms with Crippen LogP contribution in [0.2, 0.25) is 0 Å². The number of allylic oxidation sites excluding steroid dienone is 1. The number of esters is 2. The van der Waals surface area contributed by atoms with Crippen LogP contribution in [-0.2, 0) is 25.5 Å². The van der Waals surface area contributed by atoms with Crippen molar-refractivity contribution >= 4 is 17.7 Å². The minimum atomic E-state index is -0.481. The molecule has 0 radical (unpaired) electrons. The number of hydrogen-bond acceptors (Lipinski definition) is 6. The predicted molar refractivity (Wildman–Crippen MR) is 121 cm³/mol. The van der Waals surface area contributed by atoms with Gasteiger partial charge in [0, 0.05) is 12.8 Å². The molecule has 1 aliphatic rings. The summed E-state index contributed by atoms with van der Waals surface area (Å²) in [4.78, 5) is 29.8. The van der Waals surface area contributed by atoms with Crippen LogP contribution in [0.15, 0.2) is 29.4 Å². The molecule has 31 heavy (non-hydrogen) atoms. The van der Waals surface area contributed by atoms with Crippen LogP contribution in [0.5, 0.6) is 0 Å². The molecule has 0 amide bonds. The van der Waals surface area contributed by atoms with E-state index in [9.17, 15) is 9.59 Å². The third kappa shape index (κ3) is 7.85. The van der Waals surface area contributed by atoms with Crippen molar-refractivity contribution in [3.8, 4) is 0 Å². The van der Waals surface area contributed by atoms with Crippen molar-refractivity contribution in [2.24, 2.45) is 11.1 Å². The van der Waals surface area contributed by atoms with Crippen LogP contribution in [0.4, 0.5) is 0 Å². The second kappa shape index (κ2) is 12.3. The second-order valence-electron chi connectivity index (χ2n) is 8.44. The van der Waals surface area contributed by atoms with E-state index >= 15 is 0 Å². The normalized spacial score (nSPS) is 20.5. The van der Waals surface area contributed by atoms with Crippen LogP contribution in [0.25, 0.3) is 0 Å². The van der Waals surface area contributed by atoms with Crippen LogP contribution in [0.3, 0.4) is 0 Å². The highest BCUT2D eigenvalue weighted by Gasteiger charge is 2.23. The van der Waals surface area contributed by atoms with Gasteiger partial charge in [-0.1, -0.05) is 48.9 Å². The summed E-state index contributed by atoms with van der Waals surface area (Å²) in [6.45, 7) is 7.85. The molecule has 1 atom stereocenters. The highest BCUT2D eigenvalue weighted by molar-refractivity contribution is 5.96. The molecule has 0 aromatic heterocycles. The van der Waals surface area contributed by atoms with Crippen molar-refractivity contribution in [3.63, 3.8) is 0 Å². The van der Waals surface area contributed by atoms with Crippen molar-refractivity contribution in [2.45, 2.75) is 72.3 Å². The van der Waals surface area contributed by atoms with Crippen molar-refractivity contribution in [1.82, 2.24) is 0 Å². The SMILES string of the molecule is COC(=O)CON=C1CCCC/C=C/C[C@@H](C(C)C)OC(=O)c2c(C)cc(C)cc2C1.